The standard InChI is InChI=1S/C29H32F5N5O4S2/c1-38(2)17-26(40)39-13-10-18(11-14-39)37-23-6-3-5-20-21(16-29(32,33)34)25(44-27(20)23)7-4-12-36-22-9-8-19(45(35,41)42)15-24(22)43-28(30)31/h3,5-6,8-9,15,18,28,36-37H,10-14,16-17H2,1-2H3,(H2,35,41,42). The van der Waals surface area contributed by atoms with Gasteiger partial charge in [-0.1, -0.05) is 24.0 Å². The smallest absolute Gasteiger partial charge is 0.393 e. The number of sulfonamides is 1. The maximum absolute atomic E-state index is 13.6. The first kappa shape index (κ1) is 34.2. The first-order chi connectivity index (χ1) is 21.1. The third-order valence-electron chi connectivity index (χ3n) is 6.92. The fourth-order valence-electron chi connectivity index (χ4n) is 4.91. The summed E-state index contributed by atoms with van der Waals surface area (Å²) in [6.45, 7) is -1.96. The number of hydrogen-bond acceptors (Lipinski definition) is 8. The summed E-state index contributed by atoms with van der Waals surface area (Å²) in [6.07, 6.45) is -4.32. The predicted molar refractivity (Wildman–Crippen MR) is 163 cm³/mol. The van der Waals surface area contributed by atoms with Crippen LogP contribution in [0, 0.1) is 11.8 Å². The number of likely N-dealkylation sites (tertiary alicyclic amines) is 1. The number of carbonyl (C=O) groups excluding carboxylic acids is 1. The fourth-order valence-corrected chi connectivity index (χ4v) is 6.61. The highest BCUT2D eigenvalue weighted by Crippen LogP contribution is 2.39. The lowest BCUT2D eigenvalue weighted by Gasteiger charge is -2.33. The number of alkyl halides is 5. The lowest BCUT2D eigenvalue weighted by atomic mass is 10.0. The monoisotopic (exact) mass is 673 g/mol. The highest BCUT2D eigenvalue weighted by Gasteiger charge is 2.31. The molecule has 0 aliphatic carbocycles. The van der Waals surface area contributed by atoms with Crippen molar-refractivity contribution in [1.82, 2.24) is 9.80 Å². The van der Waals surface area contributed by atoms with Gasteiger partial charge >= 0.3 is 12.8 Å². The zero-order chi connectivity index (χ0) is 32.9. The zero-order valence-corrected chi connectivity index (χ0v) is 26.0. The Bertz CT molecular complexity index is 1690. The number of hydrogen-bond donors (Lipinski definition) is 3. The summed E-state index contributed by atoms with van der Waals surface area (Å²) < 4.78 is 94.9. The highest BCUT2D eigenvalue weighted by atomic mass is 32.2. The minimum absolute atomic E-state index is 0.00944. The highest BCUT2D eigenvalue weighted by molar-refractivity contribution is 7.89. The maximum Gasteiger partial charge on any atom is 0.393 e. The predicted octanol–water partition coefficient (Wildman–Crippen LogP) is 4.68. The van der Waals surface area contributed by atoms with E-state index in [1.807, 2.05) is 23.9 Å². The molecule has 1 aliphatic rings. The Morgan fingerprint density at radius 3 is 2.51 bits per heavy atom. The lowest BCUT2D eigenvalue weighted by molar-refractivity contribution is -0.132. The minimum atomic E-state index is -4.50. The summed E-state index contributed by atoms with van der Waals surface area (Å²) in [5, 5.41) is 11.7. The van der Waals surface area contributed by atoms with Crippen LogP contribution in [0.4, 0.5) is 33.3 Å². The number of carbonyl (C=O) groups is 1. The molecule has 1 aliphatic heterocycles. The number of likely N-dealkylation sites (N-methyl/N-ethyl adjacent to an activating group) is 1. The second-order valence-corrected chi connectivity index (χ2v) is 13.2. The quantitative estimate of drug-likeness (QED) is 0.211. The van der Waals surface area contributed by atoms with Crippen molar-refractivity contribution < 1.29 is 39.9 Å². The van der Waals surface area contributed by atoms with Crippen LogP contribution >= 0.6 is 11.3 Å². The van der Waals surface area contributed by atoms with Crippen LogP contribution in [0.25, 0.3) is 10.1 Å². The molecule has 9 nitrogen and oxygen atoms in total. The number of nitrogens with zero attached hydrogens (tertiary/aromatic N) is 2. The lowest BCUT2D eigenvalue weighted by Crippen LogP contribution is -2.45. The van der Waals surface area contributed by atoms with Gasteiger partial charge in [0.15, 0.2) is 5.75 Å². The van der Waals surface area contributed by atoms with E-state index in [0.717, 1.165) is 23.5 Å². The molecular weight excluding hydrogens is 641 g/mol. The van der Waals surface area contributed by atoms with Crippen LogP contribution in [0.5, 0.6) is 5.75 Å². The SMILES string of the molecule is CN(C)CC(=O)N1CCC(Nc2cccc3c(CC(F)(F)F)c(C#CCNc4ccc(S(N)(=O)=O)cc4OC(F)F)sc23)CC1. The molecule has 244 valence electrons. The molecule has 1 saturated heterocycles. The Morgan fingerprint density at radius 1 is 1.18 bits per heavy atom. The Kier molecular flexibility index (Phi) is 10.8. The van der Waals surface area contributed by atoms with Crippen LogP contribution < -0.4 is 20.5 Å². The summed E-state index contributed by atoms with van der Waals surface area (Å²) >= 11 is 1.12. The van der Waals surface area contributed by atoms with Crippen molar-refractivity contribution >= 4 is 48.7 Å². The fraction of sp³-hybridized carbons (Fsp3) is 0.414. The Morgan fingerprint density at radius 2 is 1.89 bits per heavy atom. The summed E-state index contributed by atoms with van der Waals surface area (Å²) in [6, 6.07) is 8.23. The van der Waals surface area contributed by atoms with E-state index in [0.29, 0.717) is 48.2 Å². The van der Waals surface area contributed by atoms with Crippen molar-refractivity contribution in [2.75, 3.05) is 50.9 Å². The van der Waals surface area contributed by atoms with Gasteiger partial charge in [-0.25, -0.2) is 13.6 Å². The topological polar surface area (TPSA) is 117 Å². The summed E-state index contributed by atoms with van der Waals surface area (Å²) in [4.78, 5) is 15.8. The van der Waals surface area contributed by atoms with Gasteiger partial charge < -0.3 is 25.2 Å². The number of nitrogens with two attached hydrogens (primary N) is 1. The van der Waals surface area contributed by atoms with Crippen molar-refractivity contribution in [3.63, 3.8) is 0 Å². The van der Waals surface area contributed by atoms with Crippen molar-refractivity contribution in [1.29, 1.82) is 0 Å². The number of ether oxygens (including phenoxy) is 1. The van der Waals surface area contributed by atoms with Crippen molar-refractivity contribution in [2.45, 2.75) is 43.0 Å². The maximum atomic E-state index is 13.6. The van der Waals surface area contributed by atoms with Crippen molar-refractivity contribution in [3.05, 3.63) is 46.8 Å². The first-order valence-electron chi connectivity index (χ1n) is 13.8. The van der Waals surface area contributed by atoms with Gasteiger partial charge in [-0.3, -0.25) is 4.79 Å². The van der Waals surface area contributed by atoms with Gasteiger partial charge in [0.1, 0.15) is 0 Å². The van der Waals surface area contributed by atoms with Gasteiger partial charge in [0.05, 0.1) is 45.4 Å². The van der Waals surface area contributed by atoms with Gasteiger partial charge in [0.2, 0.25) is 15.9 Å². The minimum Gasteiger partial charge on any atom is -0.433 e. The zero-order valence-electron chi connectivity index (χ0n) is 24.4. The normalized spacial score (nSPS) is 14.5. The molecule has 3 aromatic rings. The molecule has 0 radical (unpaired) electrons. The number of piperidine rings is 1. The van der Waals surface area contributed by atoms with Crippen LogP contribution in [0.2, 0.25) is 0 Å². The number of fused-ring (bicyclic) bond motifs is 1. The third kappa shape index (κ3) is 9.42. The molecular formula is C29H32F5N5O4S2. The average Bonchev–Trinajstić information content (AvgIpc) is 3.27. The Labute approximate surface area is 261 Å². The average molecular weight is 674 g/mol. The molecule has 1 fully saturated rings. The number of thiophene rings is 1. The van der Waals surface area contributed by atoms with Crippen LogP contribution in [-0.4, -0.2) is 83.2 Å². The third-order valence-corrected chi connectivity index (χ3v) is 9.03. The van der Waals surface area contributed by atoms with Gasteiger partial charge in [-0.05, 0) is 56.1 Å². The molecule has 4 N–H and O–H groups in total. The van der Waals surface area contributed by atoms with Crippen LogP contribution in [-0.2, 0) is 21.2 Å². The van der Waals surface area contributed by atoms with E-state index in [1.165, 1.54) is 6.07 Å². The second-order valence-electron chi connectivity index (χ2n) is 10.7. The van der Waals surface area contributed by atoms with E-state index >= 15 is 0 Å². The molecule has 0 bridgehead atoms. The Balaban J connectivity index is 1.55. The molecule has 0 spiro atoms. The molecule has 0 unspecified atom stereocenters. The van der Waals surface area contributed by atoms with E-state index < -0.39 is 39.9 Å². The van der Waals surface area contributed by atoms with Gasteiger partial charge in [-0.15, -0.1) is 11.3 Å². The molecule has 16 heteroatoms. The van der Waals surface area contributed by atoms with E-state index in [4.69, 9.17) is 5.14 Å². The number of primary sulfonamides is 1. The molecule has 0 atom stereocenters. The number of rotatable bonds is 10. The Hall–Kier alpha value is -3.65. The largest absolute Gasteiger partial charge is 0.433 e. The van der Waals surface area contributed by atoms with Crippen LogP contribution in [0.15, 0.2) is 41.3 Å². The number of anilines is 2. The van der Waals surface area contributed by atoms with E-state index in [9.17, 15) is 35.2 Å². The van der Waals surface area contributed by atoms with Gasteiger partial charge in [0.25, 0.3) is 0 Å². The van der Waals surface area contributed by atoms with Crippen molar-refractivity contribution in [3.8, 4) is 17.6 Å². The number of amides is 1. The molecule has 45 heavy (non-hydrogen) atoms. The number of halogens is 5. The molecule has 1 aromatic heterocycles. The van der Waals surface area contributed by atoms with Crippen molar-refractivity contribution in [2.24, 2.45) is 5.14 Å². The number of benzene rings is 2. The number of nitrogens with one attached hydrogen (secondary N) is 2. The summed E-state index contributed by atoms with van der Waals surface area (Å²) in [5.41, 5.74) is 0.695. The van der Waals surface area contributed by atoms with E-state index in [1.54, 1.807) is 18.2 Å². The molecule has 1 amide bonds. The van der Waals surface area contributed by atoms with E-state index in [-0.39, 0.29) is 34.6 Å². The summed E-state index contributed by atoms with van der Waals surface area (Å²) in [5.74, 6) is 5.07. The van der Waals surface area contributed by atoms with Crippen LogP contribution in [0.1, 0.15) is 23.3 Å². The van der Waals surface area contributed by atoms with E-state index in [2.05, 4.69) is 27.2 Å². The van der Waals surface area contributed by atoms with Crippen LogP contribution in [0.3, 0.4) is 0 Å². The second kappa shape index (κ2) is 14.2. The summed E-state index contributed by atoms with van der Waals surface area (Å²) in [7, 11) is -0.531. The molecule has 4 rings (SSSR count). The van der Waals surface area contributed by atoms with Gasteiger partial charge in [0, 0.05) is 25.2 Å². The molecule has 2 aromatic carbocycles. The van der Waals surface area contributed by atoms with Gasteiger partial charge in [-0.2, -0.15) is 22.0 Å². The molecule has 0 saturated carbocycles. The molecule has 2 heterocycles. The first-order valence-corrected chi connectivity index (χ1v) is 16.1.